The summed E-state index contributed by atoms with van der Waals surface area (Å²) >= 11 is 0. The van der Waals surface area contributed by atoms with Crippen molar-refractivity contribution < 1.29 is 9.47 Å². The van der Waals surface area contributed by atoms with Crippen LogP contribution in [0, 0.1) is 0 Å². The normalized spacial score (nSPS) is 17.9. The zero-order valence-electron chi connectivity index (χ0n) is 11.1. The van der Waals surface area contributed by atoms with Crippen molar-refractivity contribution in [3.8, 4) is 0 Å². The number of unbranched alkanes of at least 4 members (excludes halogenated alkanes) is 4. The number of hydrogen-bond donors (Lipinski definition) is 0. The Morgan fingerprint density at radius 2 is 1.72 bits per heavy atom. The van der Waals surface area contributed by atoms with E-state index in [9.17, 15) is 0 Å². The molecule has 18 heavy (non-hydrogen) atoms. The highest BCUT2D eigenvalue weighted by Crippen LogP contribution is 2.17. The van der Waals surface area contributed by atoms with Crippen LogP contribution in [-0.2, 0) is 16.1 Å². The molecule has 1 fully saturated rings. The lowest BCUT2D eigenvalue weighted by atomic mass is 10.1. The first-order valence-electron chi connectivity index (χ1n) is 7.18. The molecule has 1 heterocycles. The Morgan fingerprint density at radius 1 is 1.00 bits per heavy atom. The summed E-state index contributed by atoms with van der Waals surface area (Å²) in [6.07, 6.45) is 8.37. The van der Waals surface area contributed by atoms with Crippen molar-refractivity contribution in [1.29, 1.82) is 0 Å². The van der Waals surface area contributed by atoms with Crippen LogP contribution in [0.3, 0.4) is 0 Å². The van der Waals surface area contributed by atoms with Crippen LogP contribution in [-0.4, -0.2) is 19.3 Å². The van der Waals surface area contributed by atoms with Crippen molar-refractivity contribution >= 4 is 0 Å². The Balaban J connectivity index is 1.35. The molecule has 1 aromatic carbocycles. The molecule has 2 nitrogen and oxygen atoms in total. The number of benzene rings is 1. The number of ether oxygens (including phenoxy) is 2. The number of hydrogen-bond acceptors (Lipinski definition) is 2. The van der Waals surface area contributed by atoms with Gasteiger partial charge in [0, 0.05) is 6.61 Å². The molecule has 2 rings (SSSR count). The van der Waals surface area contributed by atoms with Gasteiger partial charge in [0.1, 0.15) is 0 Å². The molecule has 1 saturated heterocycles. The zero-order valence-corrected chi connectivity index (χ0v) is 11.1. The fraction of sp³-hybridized carbons (Fsp3) is 0.625. The van der Waals surface area contributed by atoms with E-state index >= 15 is 0 Å². The maximum absolute atomic E-state index is 5.65. The first-order valence-corrected chi connectivity index (χ1v) is 7.18. The smallest absolute Gasteiger partial charge is 0.0810 e. The van der Waals surface area contributed by atoms with Gasteiger partial charge in [0.05, 0.1) is 19.3 Å². The Morgan fingerprint density at radius 3 is 2.50 bits per heavy atom. The Hall–Kier alpha value is -0.860. The van der Waals surface area contributed by atoms with Crippen LogP contribution in [0.15, 0.2) is 30.3 Å². The summed E-state index contributed by atoms with van der Waals surface area (Å²) in [6, 6.07) is 10.4. The summed E-state index contributed by atoms with van der Waals surface area (Å²) in [5, 5.41) is 0. The van der Waals surface area contributed by atoms with E-state index in [4.69, 9.17) is 9.47 Å². The quantitative estimate of drug-likeness (QED) is 0.462. The topological polar surface area (TPSA) is 21.8 Å². The summed E-state index contributed by atoms with van der Waals surface area (Å²) in [5.74, 6) is 0. The molecule has 1 aliphatic heterocycles. The molecular formula is C16H24O2. The molecule has 0 aromatic heterocycles. The van der Waals surface area contributed by atoms with Gasteiger partial charge in [-0.2, -0.15) is 0 Å². The lowest BCUT2D eigenvalue weighted by Gasteiger charge is -2.04. The third-order valence-corrected chi connectivity index (χ3v) is 3.33. The van der Waals surface area contributed by atoms with Crippen LogP contribution < -0.4 is 0 Å². The minimum atomic E-state index is 0.610. The van der Waals surface area contributed by atoms with Gasteiger partial charge in [0.25, 0.3) is 0 Å². The predicted octanol–water partition coefficient (Wildman–Crippen LogP) is 3.94. The van der Waals surface area contributed by atoms with Gasteiger partial charge in [0.2, 0.25) is 0 Å². The SMILES string of the molecule is c1ccc(COCCCCCCCC2CO2)cc1. The first-order chi connectivity index (χ1) is 8.95. The van der Waals surface area contributed by atoms with E-state index in [1.54, 1.807) is 0 Å². The molecule has 0 radical (unpaired) electrons. The van der Waals surface area contributed by atoms with Crippen LogP contribution in [0.25, 0.3) is 0 Å². The van der Waals surface area contributed by atoms with Gasteiger partial charge in [-0.25, -0.2) is 0 Å². The van der Waals surface area contributed by atoms with Crippen LogP contribution in [0.5, 0.6) is 0 Å². The van der Waals surface area contributed by atoms with Gasteiger partial charge < -0.3 is 9.47 Å². The van der Waals surface area contributed by atoms with Gasteiger partial charge >= 0.3 is 0 Å². The highest BCUT2D eigenvalue weighted by molar-refractivity contribution is 5.13. The van der Waals surface area contributed by atoms with E-state index in [2.05, 4.69) is 24.3 Å². The molecule has 1 atom stereocenters. The van der Waals surface area contributed by atoms with Gasteiger partial charge in [-0.05, 0) is 18.4 Å². The van der Waals surface area contributed by atoms with E-state index in [0.29, 0.717) is 6.10 Å². The van der Waals surface area contributed by atoms with Crippen molar-refractivity contribution in [1.82, 2.24) is 0 Å². The maximum Gasteiger partial charge on any atom is 0.0810 e. The van der Waals surface area contributed by atoms with E-state index < -0.39 is 0 Å². The van der Waals surface area contributed by atoms with Crippen molar-refractivity contribution in [2.75, 3.05) is 13.2 Å². The fourth-order valence-electron chi connectivity index (χ4n) is 2.11. The summed E-state index contributed by atoms with van der Waals surface area (Å²) in [6.45, 7) is 2.65. The molecule has 0 spiro atoms. The lowest BCUT2D eigenvalue weighted by molar-refractivity contribution is 0.116. The molecule has 1 aromatic rings. The van der Waals surface area contributed by atoms with E-state index in [-0.39, 0.29) is 0 Å². The van der Waals surface area contributed by atoms with Crippen molar-refractivity contribution in [3.05, 3.63) is 35.9 Å². The average molecular weight is 248 g/mol. The highest BCUT2D eigenvalue weighted by atomic mass is 16.6. The lowest BCUT2D eigenvalue weighted by Crippen LogP contribution is -1.95. The molecular weight excluding hydrogens is 224 g/mol. The van der Waals surface area contributed by atoms with Crippen molar-refractivity contribution in [2.24, 2.45) is 0 Å². The molecule has 1 aliphatic rings. The monoisotopic (exact) mass is 248 g/mol. The summed E-state index contributed by atoms with van der Waals surface area (Å²) < 4.78 is 10.8. The third-order valence-electron chi connectivity index (χ3n) is 3.33. The minimum Gasteiger partial charge on any atom is -0.377 e. The Labute approximate surface area is 110 Å². The molecule has 0 bridgehead atoms. The van der Waals surface area contributed by atoms with Gasteiger partial charge in [-0.3, -0.25) is 0 Å². The fourth-order valence-corrected chi connectivity index (χ4v) is 2.11. The summed E-state index contributed by atoms with van der Waals surface area (Å²) in [5.41, 5.74) is 1.27. The van der Waals surface area contributed by atoms with E-state index in [1.807, 2.05) is 6.07 Å². The largest absolute Gasteiger partial charge is 0.377 e. The second kappa shape index (κ2) is 8.28. The Kier molecular flexibility index (Phi) is 6.24. The standard InChI is InChI=1S/C16H24O2/c1(2-7-11-16-14-18-16)3-8-12-17-13-15-9-5-4-6-10-15/h4-6,9-10,16H,1-3,7-8,11-14H2. The maximum atomic E-state index is 5.65. The van der Waals surface area contributed by atoms with Crippen LogP contribution in [0.4, 0.5) is 0 Å². The van der Waals surface area contributed by atoms with Crippen LogP contribution in [0.1, 0.15) is 44.1 Å². The third kappa shape index (κ3) is 6.18. The summed E-state index contributed by atoms with van der Waals surface area (Å²) in [7, 11) is 0. The van der Waals surface area contributed by atoms with E-state index in [0.717, 1.165) is 19.8 Å². The second-order valence-electron chi connectivity index (χ2n) is 5.05. The second-order valence-corrected chi connectivity index (χ2v) is 5.05. The predicted molar refractivity (Wildman–Crippen MR) is 73.5 cm³/mol. The molecule has 100 valence electrons. The molecule has 0 saturated carbocycles. The first kappa shape index (κ1) is 13.6. The highest BCUT2D eigenvalue weighted by Gasteiger charge is 2.20. The molecule has 2 heteroatoms. The van der Waals surface area contributed by atoms with Gasteiger partial charge in [-0.1, -0.05) is 56.0 Å². The molecule has 0 amide bonds. The van der Waals surface area contributed by atoms with Crippen molar-refractivity contribution in [2.45, 2.75) is 51.2 Å². The van der Waals surface area contributed by atoms with Gasteiger partial charge in [0.15, 0.2) is 0 Å². The summed E-state index contributed by atoms with van der Waals surface area (Å²) in [4.78, 5) is 0. The van der Waals surface area contributed by atoms with Crippen molar-refractivity contribution in [3.63, 3.8) is 0 Å². The number of rotatable bonds is 10. The van der Waals surface area contributed by atoms with Gasteiger partial charge in [-0.15, -0.1) is 0 Å². The molecule has 1 unspecified atom stereocenters. The van der Waals surface area contributed by atoms with Crippen LogP contribution >= 0.6 is 0 Å². The van der Waals surface area contributed by atoms with E-state index in [1.165, 1.54) is 44.1 Å². The molecule has 0 N–H and O–H groups in total. The number of epoxide rings is 1. The minimum absolute atomic E-state index is 0.610. The Bertz CT molecular complexity index is 306. The van der Waals surface area contributed by atoms with Crippen LogP contribution in [0.2, 0.25) is 0 Å². The zero-order chi connectivity index (χ0) is 12.5. The average Bonchev–Trinajstić information content (AvgIpc) is 3.22. The molecule has 0 aliphatic carbocycles.